The summed E-state index contributed by atoms with van der Waals surface area (Å²) in [7, 11) is 3.24. The Hall–Kier alpha value is -1.90. The zero-order valence-electron chi connectivity index (χ0n) is 14.4. The summed E-state index contributed by atoms with van der Waals surface area (Å²) in [5.41, 5.74) is 2.33. The van der Waals surface area contributed by atoms with Crippen molar-refractivity contribution in [2.24, 2.45) is 4.99 Å². The lowest BCUT2D eigenvalue weighted by atomic mass is 10.1. The number of methoxy groups -OCH3 is 1. The number of benzene rings is 2. The molecule has 0 aliphatic heterocycles. The molecule has 25 heavy (non-hydrogen) atoms. The van der Waals surface area contributed by atoms with Crippen LogP contribution in [-0.2, 0) is 13.1 Å². The average molecular weight is 461 g/mol. The highest BCUT2D eigenvalue weighted by Crippen LogP contribution is 2.19. The maximum Gasteiger partial charge on any atom is 0.191 e. The molecule has 0 spiro atoms. The van der Waals surface area contributed by atoms with Crippen LogP contribution in [0.5, 0.6) is 5.75 Å². The molecule has 0 saturated carbocycles. The third kappa shape index (κ3) is 6.15. The maximum atomic E-state index is 13.6. The van der Waals surface area contributed by atoms with Crippen molar-refractivity contribution in [1.82, 2.24) is 10.6 Å². The predicted molar refractivity (Wildman–Crippen MR) is 107 cm³/mol. The quantitative estimate of drug-likeness (QED) is 0.405. The van der Waals surface area contributed by atoms with Gasteiger partial charge in [-0.05, 0) is 36.8 Å². The van der Waals surface area contributed by atoms with E-state index >= 15 is 0 Å². The van der Waals surface area contributed by atoms with Gasteiger partial charge in [-0.25, -0.2) is 8.78 Å². The monoisotopic (exact) mass is 461 g/mol. The Morgan fingerprint density at radius 1 is 1.04 bits per heavy atom. The van der Waals surface area contributed by atoms with Crippen molar-refractivity contribution in [2.45, 2.75) is 20.0 Å². The topological polar surface area (TPSA) is 45.7 Å². The molecule has 0 heterocycles. The Kier molecular flexibility index (Phi) is 8.60. The van der Waals surface area contributed by atoms with Gasteiger partial charge >= 0.3 is 0 Å². The van der Waals surface area contributed by atoms with Gasteiger partial charge < -0.3 is 15.4 Å². The van der Waals surface area contributed by atoms with Crippen LogP contribution in [0.3, 0.4) is 0 Å². The standard InChI is InChI=1S/C18H21F2N3O.HI/c1-12-4-5-13(17(8-12)24-3)10-22-18(21-2)23-11-14-9-15(19)6-7-16(14)20;/h4-9H,10-11H2,1-3H3,(H2,21,22,23);1H. The molecule has 7 heteroatoms. The molecule has 4 nitrogen and oxygen atoms in total. The molecule has 0 aliphatic rings. The number of aliphatic imine (C=N–C) groups is 1. The highest BCUT2D eigenvalue weighted by atomic mass is 127. The van der Waals surface area contributed by atoms with Gasteiger partial charge in [0.05, 0.1) is 7.11 Å². The van der Waals surface area contributed by atoms with E-state index in [1.165, 1.54) is 6.07 Å². The van der Waals surface area contributed by atoms with Crippen LogP contribution in [0.1, 0.15) is 16.7 Å². The number of ether oxygens (including phenoxy) is 1. The van der Waals surface area contributed by atoms with Gasteiger partial charge in [0, 0.05) is 31.3 Å². The normalized spacial score (nSPS) is 10.8. The number of hydrogen-bond acceptors (Lipinski definition) is 2. The van der Waals surface area contributed by atoms with Crippen LogP contribution in [0.15, 0.2) is 41.4 Å². The summed E-state index contributed by atoms with van der Waals surface area (Å²) < 4.78 is 32.2. The minimum atomic E-state index is -0.472. The second kappa shape index (κ2) is 10.2. The number of nitrogens with one attached hydrogen (secondary N) is 2. The smallest absolute Gasteiger partial charge is 0.191 e. The molecule has 0 saturated heterocycles. The van der Waals surface area contributed by atoms with Crippen LogP contribution >= 0.6 is 24.0 Å². The fraction of sp³-hybridized carbons (Fsp3) is 0.278. The summed E-state index contributed by atoms with van der Waals surface area (Å²) >= 11 is 0. The van der Waals surface area contributed by atoms with Crippen LogP contribution in [0.25, 0.3) is 0 Å². The third-order valence-corrected chi connectivity index (χ3v) is 3.57. The first-order chi connectivity index (χ1) is 11.5. The number of nitrogens with zero attached hydrogens (tertiary/aromatic N) is 1. The minimum Gasteiger partial charge on any atom is -0.496 e. The van der Waals surface area contributed by atoms with Crippen LogP contribution in [0.4, 0.5) is 8.78 Å². The van der Waals surface area contributed by atoms with E-state index < -0.39 is 11.6 Å². The molecule has 0 amide bonds. The third-order valence-electron chi connectivity index (χ3n) is 3.57. The molecule has 0 bridgehead atoms. The van der Waals surface area contributed by atoms with E-state index in [1.54, 1.807) is 14.2 Å². The molecule has 2 aromatic rings. The van der Waals surface area contributed by atoms with Gasteiger partial charge in [-0.3, -0.25) is 4.99 Å². The molecular formula is C18H22F2IN3O. The molecule has 0 aliphatic carbocycles. The Morgan fingerprint density at radius 2 is 1.72 bits per heavy atom. The molecule has 2 aromatic carbocycles. The average Bonchev–Trinajstić information content (AvgIpc) is 2.58. The number of hydrogen-bond donors (Lipinski definition) is 2. The summed E-state index contributed by atoms with van der Waals surface area (Å²) in [6.45, 7) is 2.62. The maximum absolute atomic E-state index is 13.6. The molecule has 136 valence electrons. The molecule has 0 fully saturated rings. The Labute approximate surface area is 163 Å². The lowest BCUT2D eigenvalue weighted by Gasteiger charge is -2.14. The van der Waals surface area contributed by atoms with Crippen molar-refractivity contribution in [2.75, 3.05) is 14.2 Å². The first-order valence-corrected chi connectivity index (χ1v) is 7.55. The van der Waals surface area contributed by atoms with Crippen molar-refractivity contribution >= 4 is 29.9 Å². The second-order valence-corrected chi connectivity index (χ2v) is 5.33. The van der Waals surface area contributed by atoms with Crippen LogP contribution in [0, 0.1) is 18.6 Å². The predicted octanol–water partition coefficient (Wildman–Crippen LogP) is 3.77. The summed E-state index contributed by atoms with van der Waals surface area (Å²) in [5, 5.41) is 6.09. The van der Waals surface area contributed by atoms with Gasteiger partial charge in [0.15, 0.2) is 5.96 Å². The van der Waals surface area contributed by atoms with Crippen molar-refractivity contribution in [3.8, 4) is 5.75 Å². The van der Waals surface area contributed by atoms with Crippen molar-refractivity contribution in [3.63, 3.8) is 0 Å². The van der Waals surface area contributed by atoms with E-state index in [0.29, 0.717) is 12.5 Å². The van der Waals surface area contributed by atoms with Gasteiger partial charge in [0.1, 0.15) is 17.4 Å². The van der Waals surface area contributed by atoms with E-state index in [1.807, 2.05) is 25.1 Å². The molecule has 2 N–H and O–H groups in total. The molecule has 0 unspecified atom stereocenters. The largest absolute Gasteiger partial charge is 0.496 e. The Bertz CT molecular complexity index is 738. The van der Waals surface area contributed by atoms with E-state index in [-0.39, 0.29) is 36.1 Å². The van der Waals surface area contributed by atoms with Gasteiger partial charge in [-0.15, -0.1) is 24.0 Å². The van der Waals surface area contributed by atoms with Crippen molar-refractivity contribution in [3.05, 3.63) is 64.7 Å². The number of guanidine groups is 1. The zero-order valence-corrected chi connectivity index (χ0v) is 16.7. The second-order valence-electron chi connectivity index (χ2n) is 5.33. The van der Waals surface area contributed by atoms with E-state index in [9.17, 15) is 8.78 Å². The Morgan fingerprint density at radius 3 is 2.36 bits per heavy atom. The molecule has 0 aromatic heterocycles. The summed E-state index contributed by atoms with van der Waals surface area (Å²) in [4.78, 5) is 4.08. The number of rotatable bonds is 5. The van der Waals surface area contributed by atoms with Crippen LogP contribution in [0.2, 0.25) is 0 Å². The van der Waals surface area contributed by atoms with Gasteiger partial charge in [-0.1, -0.05) is 12.1 Å². The lowest BCUT2D eigenvalue weighted by molar-refractivity contribution is 0.408. The van der Waals surface area contributed by atoms with Crippen LogP contribution < -0.4 is 15.4 Å². The number of halogens is 3. The highest BCUT2D eigenvalue weighted by Gasteiger charge is 2.07. The summed E-state index contributed by atoms with van der Waals surface area (Å²) in [6.07, 6.45) is 0. The lowest BCUT2D eigenvalue weighted by Crippen LogP contribution is -2.36. The van der Waals surface area contributed by atoms with Crippen molar-refractivity contribution in [1.29, 1.82) is 0 Å². The summed E-state index contributed by atoms with van der Waals surface area (Å²) in [6, 6.07) is 9.29. The minimum absolute atomic E-state index is 0. The fourth-order valence-corrected chi connectivity index (χ4v) is 2.26. The molecule has 0 radical (unpaired) electrons. The van der Waals surface area contributed by atoms with Gasteiger partial charge in [-0.2, -0.15) is 0 Å². The van der Waals surface area contributed by atoms with E-state index in [2.05, 4.69) is 15.6 Å². The summed E-state index contributed by atoms with van der Waals surface area (Å²) in [5.74, 6) is 0.343. The molecule has 0 atom stereocenters. The first-order valence-electron chi connectivity index (χ1n) is 7.55. The van der Waals surface area contributed by atoms with Crippen LogP contribution in [-0.4, -0.2) is 20.1 Å². The SMILES string of the molecule is CN=C(NCc1cc(F)ccc1F)NCc1ccc(C)cc1OC.I. The van der Waals surface area contributed by atoms with E-state index in [0.717, 1.165) is 29.0 Å². The fourth-order valence-electron chi connectivity index (χ4n) is 2.26. The van der Waals surface area contributed by atoms with E-state index in [4.69, 9.17) is 4.74 Å². The first kappa shape index (κ1) is 21.1. The Balaban J connectivity index is 0.00000312. The molecular weight excluding hydrogens is 439 g/mol. The van der Waals surface area contributed by atoms with Gasteiger partial charge in [0.25, 0.3) is 0 Å². The molecule has 2 rings (SSSR count). The highest BCUT2D eigenvalue weighted by molar-refractivity contribution is 14.0. The number of aryl methyl sites for hydroxylation is 1. The van der Waals surface area contributed by atoms with Gasteiger partial charge in [0.2, 0.25) is 0 Å². The van der Waals surface area contributed by atoms with Crippen molar-refractivity contribution < 1.29 is 13.5 Å². The zero-order chi connectivity index (χ0) is 17.5.